The molecule has 3 N–H and O–H groups in total. The Labute approximate surface area is 160 Å². The van der Waals surface area contributed by atoms with E-state index in [9.17, 15) is 13.0 Å². The summed E-state index contributed by atoms with van der Waals surface area (Å²) in [6, 6.07) is 18.5. The Morgan fingerprint density at radius 2 is 1.37 bits per heavy atom. The van der Waals surface area contributed by atoms with Gasteiger partial charge in [0.25, 0.3) is 10.1 Å². The fourth-order valence-corrected chi connectivity index (χ4v) is 5.36. The zero-order valence-corrected chi connectivity index (χ0v) is 16.6. The molecule has 0 aliphatic rings. The third-order valence-corrected chi connectivity index (χ3v) is 8.00. The lowest BCUT2D eigenvalue weighted by molar-refractivity contribution is 0.359. The Morgan fingerprint density at radius 3 is 1.93 bits per heavy atom. The van der Waals surface area contributed by atoms with Crippen molar-refractivity contribution in [1.82, 2.24) is 0 Å². The third-order valence-electron chi connectivity index (χ3n) is 4.45. The number of hydrogen-bond donors (Lipinski definition) is 3. The van der Waals surface area contributed by atoms with Gasteiger partial charge in [-0.05, 0) is 36.0 Å². The summed E-state index contributed by atoms with van der Waals surface area (Å²) in [5.41, 5.74) is 3.54. The lowest BCUT2D eigenvalue weighted by atomic mass is 10.0. The van der Waals surface area contributed by atoms with Crippen LogP contribution >= 0.6 is 7.60 Å². The van der Waals surface area contributed by atoms with E-state index in [0.717, 1.165) is 24.8 Å². The van der Waals surface area contributed by atoms with E-state index in [1.165, 1.54) is 11.1 Å². The van der Waals surface area contributed by atoms with E-state index < -0.39 is 22.7 Å². The minimum atomic E-state index is -4.87. The first-order valence-electron chi connectivity index (χ1n) is 8.84. The zero-order valence-electron chi connectivity index (χ0n) is 14.9. The predicted octanol–water partition coefficient (Wildman–Crippen LogP) is 4.24. The highest BCUT2D eigenvalue weighted by atomic mass is 32.2. The predicted molar refractivity (Wildman–Crippen MR) is 106 cm³/mol. The summed E-state index contributed by atoms with van der Waals surface area (Å²) in [6.07, 6.45) is 3.34. The third kappa shape index (κ3) is 7.20. The Bertz CT molecular complexity index is 859. The molecule has 2 aromatic carbocycles. The number of hydrogen-bond acceptors (Lipinski definition) is 3. The minimum absolute atomic E-state index is 0.241. The molecule has 148 valence electrons. The topological polar surface area (TPSA) is 112 Å². The highest BCUT2D eigenvalue weighted by molar-refractivity contribution is 7.93. The first-order chi connectivity index (χ1) is 12.7. The smallest absolute Gasteiger partial charge is 0.323 e. The number of rotatable bonds is 10. The van der Waals surface area contributed by atoms with Crippen molar-refractivity contribution >= 4 is 17.7 Å². The average molecular weight is 412 g/mol. The molecule has 0 bridgehead atoms. The summed E-state index contributed by atoms with van der Waals surface area (Å²) in [7, 11) is -9.62. The van der Waals surface area contributed by atoms with E-state index >= 15 is 0 Å². The standard InChI is InChI=1S/C19H25O6PS/c20-26(21,22)19(27(23,24)25)11-7-2-1-4-8-16-12-14-18(15-13-16)17-9-5-3-6-10-17/h3,5-6,9-10,12-15,19H,1-2,4,7-8,11H2,(H2,20,21,22)(H,23,24,25). The van der Waals surface area contributed by atoms with E-state index in [-0.39, 0.29) is 6.42 Å². The first-order valence-corrected chi connectivity index (χ1v) is 12.0. The van der Waals surface area contributed by atoms with Gasteiger partial charge in [0.1, 0.15) is 0 Å². The highest BCUT2D eigenvalue weighted by Gasteiger charge is 2.38. The van der Waals surface area contributed by atoms with Crippen molar-refractivity contribution in [3.8, 4) is 11.1 Å². The maximum Gasteiger partial charge on any atom is 0.346 e. The molecule has 0 aliphatic heterocycles. The molecule has 0 saturated carbocycles. The van der Waals surface area contributed by atoms with Crippen LogP contribution in [0.25, 0.3) is 11.1 Å². The SMILES string of the molecule is O=P(O)(O)C(CCCCCCc1ccc(-c2ccccc2)cc1)S(=O)(=O)O. The van der Waals surface area contributed by atoms with E-state index in [1.54, 1.807) is 0 Å². The molecule has 0 aliphatic carbocycles. The Morgan fingerprint density at radius 1 is 0.815 bits per heavy atom. The lowest BCUT2D eigenvalue weighted by Crippen LogP contribution is -2.20. The molecule has 2 rings (SSSR count). The normalized spacial score (nSPS) is 13.4. The maximum atomic E-state index is 11.2. The average Bonchev–Trinajstić information content (AvgIpc) is 2.60. The molecule has 27 heavy (non-hydrogen) atoms. The van der Waals surface area contributed by atoms with Crippen LogP contribution in [0.4, 0.5) is 0 Å². The van der Waals surface area contributed by atoms with Crippen LogP contribution in [0.5, 0.6) is 0 Å². The largest absolute Gasteiger partial charge is 0.346 e. The van der Waals surface area contributed by atoms with Crippen molar-refractivity contribution in [3.05, 3.63) is 60.2 Å². The second kappa shape index (κ2) is 9.62. The number of aryl methyl sites for hydroxylation is 1. The summed E-state index contributed by atoms with van der Waals surface area (Å²) in [6.45, 7) is 0. The molecule has 0 heterocycles. The van der Waals surface area contributed by atoms with Crippen molar-refractivity contribution in [2.75, 3.05) is 0 Å². The van der Waals surface area contributed by atoms with Crippen LogP contribution in [-0.4, -0.2) is 27.7 Å². The second-order valence-electron chi connectivity index (χ2n) is 6.57. The molecule has 1 atom stereocenters. The van der Waals surface area contributed by atoms with Gasteiger partial charge in [0.05, 0.1) is 0 Å². The van der Waals surface area contributed by atoms with Crippen LogP contribution in [0, 0.1) is 0 Å². The molecule has 0 saturated heterocycles. The van der Waals surface area contributed by atoms with Crippen LogP contribution in [0.3, 0.4) is 0 Å². The van der Waals surface area contributed by atoms with Gasteiger partial charge in [0, 0.05) is 0 Å². The van der Waals surface area contributed by atoms with E-state index in [2.05, 4.69) is 36.4 Å². The van der Waals surface area contributed by atoms with E-state index in [4.69, 9.17) is 14.3 Å². The van der Waals surface area contributed by atoms with Gasteiger partial charge in [-0.15, -0.1) is 0 Å². The molecule has 2 aromatic rings. The van der Waals surface area contributed by atoms with Crippen molar-refractivity contribution < 1.29 is 27.3 Å². The highest BCUT2D eigenvalue weighted by Crippen LogP contribution is 2.46. The lowest BCUT2D eigenvalue weighted by Gasteiger charge is -2.15. The summed E-state index contributed by atoms with van der Waals surface area (Å²) < 4.78 is 42.3. The van der Waals surface area contributed by atoms with Crippen molar-refractivity contribution in [1.29, 1.82) is 0 Å². The fourth-order valence-electron chi connectivity index (χ4n) is 2.99. The van der Waals surface area contributed by atoms with Crippen molar-refractivity contribution in [2.45, 2.75) is 43.5 Å². The van der Waals surface area contributed by atoms with Crippen LogP contribution in [0.2, 0.25) is 0 Å². The quantitative estimate of drug-likeness (QED) is 0.306. The van der Waals surface area contributed by atoms with Crippen molar-refractivity contribution in [2.24, 2.45) is 0 Å². The molecule has 0 amide bonds. The van der Waals surface area contributed by atoms with Gasteiger partial charge in [-0.25, -0.2) is 0 Å². The Kier molecular flexibility index (Phi) is 7.77. The summed E-state index contributed by atoms with van der Waals surface area (Å²) in [5.74, 6) is 0. The Hall–Kier alpha value is -1.50. The first kappa shape index (κ1) is 21.8. The molecule has 0 spiro atoms. The molecule has 0 fully saturated rings. The molecule has 0 radical (unpaired) electrons. The van der Waals surface area contributed by atoms with Crippen LogP contribution in [0.15, 0.2) is 54.6 Å². The summed E-state index contributed by atoms with van der Waals surface area (Å²) >= 11 is 0. The van der Waals surface area contributed by atoms with E-state index in [0.29, 0.717) is 12.8 Å². The molecule has 8 heteroatoms. The maximum absolute atomic E-state index is 11.2. The minimum Gasteiger partial charge on any atom is -0.323 e. The van der Waals surface area contributed by atoms with Gasteiger partial charge in [0.15, 0.2) is 4.99 Å². The summed E-state index contributed by atoms with van der Waals surface area (Å²) in [5, 5.41) is 0. The van der Waals surface area contributed by atoms with Gasteiger partial charge in [-0.3, -0.25) is 9.12 Å². The fraction of sp³-hybridized carbons (Fsp3) is 0.368. The monoisotopic (exact) mass is 412 g/mol. The molecular weight excluding hydrogens is 387 g/mol. The van der Waals surface area contributed by atoms with Gasteiger partial charge >= 0.3 is 7.60 Å². The molecule has 0 aromatic heterocycles. The van der Waals surface area contributed by atoms with Gasteiger partial charge < -0.3 is 9.79 Å². The molecule has 1 unspecified atom stereocenters. The second-order valence-corrected chi connectivity index (χ2v) is 10.3. The van der Waals surface area contributed by atoms with Gasteiger partial charge in [-0.1, -0.05) is 73.9 Å². The van der Waals surface area contributed by atoms with Crippen LogP contribution in [0.1, 0.15) is 37.7 Å². The number of unbranched alkanes of at least 4 members (excludes halogenated alkanes) is 3. The summed E-state index contributed by atoms with van der Waals surface area (Å²) in [4.78, 5) is 16.1. The van der Waals surface area contributed by atoms with Gasteiger partial charge in [-0.2, -0.15) is 8.42 Å². The van der Waals surface area contributed by atoms with Crippen molar-refractivity contribution in [3.63, 3.8) is 0 Å². The number of benzene rings is 2. The molecular formula is C19H25O6PS. The van der Waals surface area contributed by atoms with E-state index in [1.807, 2.05) is 18.2 Å². The van der Waals surface area contributed by atoms with Crippen LogP contribution < -0.4 is 0 Å². The zero-order chi connectivity index (χ0) is 19.9. The van der Waals surface area contributed by atoms with Crippen LogP contribution in [-0.2, 0) is 21.1 Å². The van der Waals surface area contributed by atoms with Gasteiger partial charge in [0.2, 0.25) is 0 Å². The Balaban J connectivity index is 1.73. The molecule has 6 nitrogen and oxygen atoms in total.